The third kappa shape index (κ3) is 5.06. The van der Waals surface area contributed by atoms with Crippen molar-refractivity contribution in [1.82, 2.24) is 9.97 Å². The van der Waals surface area contributed by atoms with E-state index < -0.39 is 0 Å². The zero-order valence-corrected chi connectivity index (χ0v) is 14.2. The van der Waals surface area contributed by atoms with Crippen LogP contribution in [-0.2, 0) is 0 Å². The second-order valence-corrected chi connectivity index (χ2v) is 4.82. The van der Waals surface area contributed by atoms with Crippen molar-refractivity contribution < 1.29 is 0 Å². The number of hydrogen-bond donors (Lipinski definition) is 2. The zero-order valence-electron chi connectivity index (χ0n) is 12.7. The number of aryl methyl sites for hydroxylation is 1. The van der Waals surface area contributed by atoms with Crippen LogP contribution in [0.3, 0.4) is 0 Å². The van der Waals surface area contributed by atoms with Crippen molar-refractivity contribution in [2.75, 3.05) is 17.2 Å². The summed E-state index contributed by atoms with van der Waals surface area (Å²) in [6.07, 6.45) is 1.77. The van der Waals surface area contributed by atoms with Crippen LogP contribution in [0.1, 0.15) is 26.3 Å². The number of benzene rings is 1. The molecule has 1 aromatic carbocycles. The van der Waals surface area contributed by atoms with Crippen molar-refractivity contribution in [3.05, 3.63) is 40.0 Å². The number of hydrogen-bond acceptors (Lipinski definition) is 4. The highest BCUT2D eigenvalue weighted by molar-refractivity contribution is 6.42. The van der Waals surface area contributed by atoms with Gasteiger partial charge in [0.25, 0.3) is 0 Å². The molecule has 0 aliphatic heterocycles. The molecule has 0 spiro atoms. The second-order valence-electron chi connectivity index (χ2n) is 4.01. The van der Waals surface area contributed by atoms with E-state index in [0.29, 0.717) is 16.0 Å². The minimum absolute atomic E-state index is 0.505. The molecule has 1 heterocycles. The van der Waals surface area contributed by atoms with Crippen LogP contribution in [0.2, 0.25) is 10.0 Å². The van der Waals surface area contributed by atoms with Gasteiger partial charge in [-0.15, -0.1) is 0 Å². The van der Waals surface area contributed by atoms with E-state index in [9.17, 15) is 0 Å². The molecule has 1 aromatic heterocycles. The fraction of sp³-hybridized carbons (Fsp3) is 0.333. The van der Waals surface area contributed by atoms with Gasteiger partial charge in [-0.3, -0.25) is 0 Å². The third-order valence-corrected chi connectivity index (χ3v) is 3.23. The lowest BCUT2D eigenvalue weighted by Gasteiger charge is -2.10. The van der Waals surface area contributed by atoms with Crippen LogP contribution in [0, 0.1) is 6.92 Å². The van der Waals surface area contributed by atoms with Crippen molar-refractivity contribution >= 4 is 40.7 Å². The molecule has 2 rings (SSSR count). The van der Waals surface area contributed by atoms with E-state index in [1.54, 1.807) is 18.3 Å². The third-order valence-electron chi connectivity index (χ3n) is 2.49. The van der Waals surface area contributed by atoms with Gasteiger partial charge in [0.15, 0.2) is 0 Å². The number of anilines is 3. The lowest BCUT2D eigenvalue weighted by atomic mass is 10.3. The van der Waals surface area contributed by atoms with Crippen LogP contribution >= 0.6 is 23.2 Å². The van der Waals surface area contributed by atoms with E-state index in [2.05, 4.69) is 20.6 Å². The van der Waals surface area contributed by atoms with Gasteiger partial charge in [0.2, 0.25) is 5.95 Å². The topological polar surface area (TPSA) is 49.8 Å². The molecule has 6 heteroatoms. The summed E-state index contributed by atoms with van der Waals surface area (Å²) in [6, 6.07) is 5.36. The van der Waals surface area contributed by atoms with E-state index in [-0.39, 0.29) is 0 Å². The molecule has 0 radical (unpaired) electrons. The summed E-state index contributed by atoms with van der Waals surface area (Å²) < 4.78 is 0. The summed E-state index contributed by atoms with van der Waals surface area (Å²) in [6.45, 7) is 8.71. The summed E-state index contributed by atoms with van der Waals surface area (Å²) in [5, 5.41) is 7.31. The first kappa shape index (κ1) is 17.5. The van der Waals surface area contributed by atoms with Gasteiger partial charge in [0.1, 0.15) is 5.82 Å². The average Bonchev–Trinajstić information content (AvgIpc) is 2.49. The number of rotatable bonds is 4. The Morgan fingerprint density at radius 3 is 2.48 bits per heavy atom. The van der Waals surface area contributed by atoms with E-state index in [0.717, 1.165) is 23.6 Å². The van der Waals surface area contributed by atoms with Gasteiger partial charge < -0.3 is 10.6 Å². The van der Waals surface area contributed by atoms with Gasteiger partial charge in [-0.05, 0) is 32.0 Å². The Bertz CT molecular complexity index is 588. The smallest absolute Gasteiger partial charge is 0.224 e. The molecule has 0 saturated carbocycles. The molecule has 4 nitrogen and oxygen atoms in total. The van der Waals surface area contributed by atoms with Crippen LogP contribution in [0.5, 0.6) is 0 Å². The van der Waals surface area contributed by atoms with Gasteiger partial charge in [-0.25, -0.2) is 4.98 Å². The fourth-order valence-corrected chi connectivity index (χ4v) is 1.82. The van der Waals surface area contributed by atoms with E-state index >= 15 is 0 Å². The summed E-state index contributed by atoms with van der Waals surface area (Å²) in [4.78, 5) is 8.59. The summed E-state index contributed by atoms with van der Waals surface area (Å²) in [5.74, 6) is 1.33. The standard InChI is InChI=1S/C13H14Cl2N4.C2H6/c1-3-16-13-17-7-8(2)12(19-13)18-9-4-5-10(14)11(15)6-9;1-2/h4-7H,3H2,1-2H3,(H2,16,17,18,19);1-2H3. The molecule has 0 bridgehead atoms. The van der Waals surface area contributed by atoms with Crippen molar-refractivity contribution in [1.29, 1.82) is 0 Å². The van der Waals surface area contributed by atoms with Crippen LogP contribution < -0.4 is 10.6 Å². The highest BCUT2D eigenvalue weighted by Gasteiger charge is 2.05. The molecule has 0 amide bonds. The van der Waals surface area contributed by atoms with E-state index in [1.165, 1.54) is 0 Å². The molecular weight excluding hydrogens is 307 g/mol. The monoisotopic (exact) mass is 326 g/mol. The quantitative estimate of drug-likeness (QED) is 0.801. The van der Waals surface area contributed by atoms with Crippen molar-refractivity contribution in [3.63, 3.8) is 0 Å². The first-order valence-corrected chi connectivity index (χ1v) is 7.65. The fourth-order valence-electron chi connectivity index (χ4n) is 1.52. The largest absolute Gasteiger partial charge is 0.354 e. The SMILES string of the molecule is CC.CCNc1ncc(C)c(Nc2ccc(Cl)c(Cl)c2)n1. The molecule has 0 fully saturated rings. The van der Waals surface area contributed by atoms with Gasteiger partial charge in [-0.1, -0.05) is 37.0 Å². The van der Waals surface area contributed by atoms with E-state index in [1.807, 2.05) is 33.8 Å². The first-order valence-electron chi connectivity index (χ1n) is 6.89. The Labute approximate surface area is 135 Å². The van der Waals surface area contributed by atoms with Crippen molar-refractivity contribution in [3.8, 4) is 0 Å². The summed E-state index contributed by atoms with van der Waals surface area (Å²) >= 11 is 11.9. The minimum Gasteiger partial charge on any atom is -0.354 e. The predicted molar refractivity (Wildman–Crippen MR) is 92.0 cm³/mol. The van der Waals surface area contributed by atoms with Crippen LogP contribution in [0.15, 0.2) is 24.4 Å². The Morgan fingerprint density at radius 1 is 1.14 bits per heavy atom. The average molecular weight is 327 g/mol. The predicted octanol–water partition coefficient (Wildman–Crippen LogP) is 5.29. The van der Waals surface area contributed by atoms with Crippen LogP contribution in [0.25, 0.3) is 0 Å². The molecule has 0 atom stereocenters. The van der Waals surface area contributed by atoms with Crippen molar-refractivity contribution in [2.45, 2.75) is 27.7 Å². The normalized spacial score (nSPS) is 9.62. The van der Waals surface area contributed by atoms with Gasteiger partial charge in [0, 0.05) is 24.0 Å². The Morgan fingerprint density at radius 2 is 1.86 bits per heavy atom. The van der Waals surface area contributed by atoms with Gasteiger partial charge >= 0.3 is 0 Å². The van der Waals surface area contributed by atoms with Gasteiger partial charge in [-0.2, -0.15) is 4.98 Å². The summed E-state index contributed by atoms with van der Waals surface area (Å²) in [7, 11) is 0. The maximum absolute atomic E-state index is 5.98. The maximum Gasteiger partial charge on any atom is 0.224 e. The Hall–Kier alpha value is -1.52. The number of nitrogens with one attached hydrogen (secondary N) is 2. The summed E-state index contributed by atoms with van der Waals surface area (Å²) in [5.41, 5.74) is 1.78. The highest BCUT2D eigenvalue weighted by Crippen LogP contribution is 2.27. The molecular formula is C15H20Cl2N4. The van der Waals surface area contributed by atoms with E-state index in [4.69, 9.17) is 23.2 Å². The molecule has 0 unspecified atom stereocenters. The molecule has 2 aromatic rings. The zero-order chi connectivity index (χ0) is 15.8. The number of nitrogens with zero attached hydrogens (tertiary/aromatic N) is 2. The molecule has 2 N–H and O–H groups in total. The molecule has 21 heavy (non-hydrogen) atoms. The van der Waals surface area contributed by atoms with Crippen LogP contribution in [0.4, 0.5) is 17.5 Å². The molecule has 0 saturated heterocycles. The molecule has 114 valence electrons. The first-order chi connectivity index (χ1) is 10.1. The maximum atomic E-state index is 5.98. The lowest BCUT2D eigenvalue weighted by Crippen LogP contribution is -2.05. The lowest BCUT2D eigenvalue weighted by molar-refractivity contribution is 1.07. The van der Waals surface area contributed by atoms with Crippen molar-refractivity contribution in [2.24, 2.45) is 0 Å². The minimum atomic E-state index is 0.505. The number of halogens is 2. The Balaban J connectivity index is 0.00000106. The van der Waals surface area contributed by atoms with Gasteiger partial charge in [0.05, 0.1) is 10.0 Å². The molecule has 0 aliphatic rings. The van der Waals surface area contributed by atoms with Crippen LogP contribution in [-0.4, -0.2) is 16.5 Å². The number of aromatic nitrogens is 2. The second kappa shape index (κ2) is 8.70. The Kier molecular flexibility index (Phi) is 7.26. The molecule has 0 aliphatic carbocycles. The highest BCUT2D eigenvalue weighted by atomic mass is 35.5.